The lowest BCUT2D eigenvalue weighted by molar-refractivity contribution is 0.267. The van der Waals surface area contributed by atoms with Crippen molar-refractivity contribution in [2.24, 2.45) is 10.7 Å². The number of hydrogen-bond donors (Lipinski definition) is 2. The zero-order valence-electron chi connectivity index (χ0n) is 13.3. The van der Waals surface area contributed by atoms with Crippen molar-refractivity contribution in [1.82, 2.24) is 10.2 Å². The Labute approximate surface area is 153 Å². The molecule has 0 amide bonds. The fourth-order valence-corrected chi connectivity index (χ4v) is 2.76. The maximum atomic E-state index is 13.6. The molecule has 1 aromatic carbocycles. The third kappa shape index (κ3) is 5.62. The molecular formula is C16H23FIN5. The van der Waals surface area contributed by atoms with E-state index in [1.165, 1.54) is 24.6 Å². The van der Waals surface area contributed by atoms with Crippen molar-refractivity contribution in [2.75, 3.05) is 19.6 Å². The zero-order valence-corrected chi connectivity index (χ0v) is 15.6. The molecule has 3 N–H and O–H groups in total. The average molecular weight is 431 g/mol. The van der Waals surface area contributed by atoms with E-state index in [2.05, 4.69) is 22.1 Å². The van der Waals surface area contributed by atoms with E-state index in [1.807, 2.05) is 6.07 Å². The van der Waals surface area contributed by atoms with Crippen molar-refractivity contribution in [3.05, 3.63) is 35.1 Å². The predicted molar refractivity (Wildman–Crippen MR) is 100 cm³/mol. The van der Waals surface area contributed by atoms with E-state index in [4.69, 9.17) is 11.0 Å². The molecule has 7 heteroatoms. The number of nitrogens with two attached hydrogens (primary N) is 1. The number of hydrogen-bond acceptors (Lipinski definition) is 3. The van der Waals surface area contributed by atoms with Crippen LogP contribution in [0, 0.1) is 17.1 Å². The van der Waals surface area contributed by atoms with E-state index < -0.39 is 0 Å². The quantitative estimate of drug-likeness (QED) is 0.426. The van der Waals surface area contributed by atoms with Gasteiger partial charge in [-0.1, -0.05) is 6.92 Å². The molecule has 1 aliphatic rings. The highest BCUT2D eigenvalue weighted by molar-refractivity contribution is 14.0. The van der Waals surface area contributed by atoms with Crippen LogP contribution in [0.2, 0.25) is 0 Å². The molecule has 2 rings (SSSR count). The van der Waals surface area contributed by atoms with Gasteiger partial charge in [0.2, 0.25) is 0 Å². The molecule has 1 aromatic rings. The summed E-state index contributed by atoms with van der Waals surface area (Å²) in [4.78, 5) is 6.57. The van der Waals surface area contributed by atoms with Gasteiger partial charge in [-0.15, -0.1) is 24.0 Å². The molecule has 1 atom stereocenters. The lowest BCUT2D eigenvalue weighted by atomic mass is 10.1. The summed E-state index contributed by atoms with van der Waals surface area (Å²) in [6, 6.07) is 6.70. The molecule has 0 aromatic heterocycles. The van der Waals surface area contributed by atoms with E-state index in [0.29, 0.717) is 23.1 Å². The van der Waals surface area contributed by atoms with Gasteiger partial charge < -0.3 is 11.1 Å². The Hall–Kier alpha value is -1.40. The van der Waals surface area contributed by atoms with E-state index >= 15 is 0 Å². The Morgan fingerprint density at radius 1 is 1.57 bits per heavy atom. The number of likely N-dealkylation sites (tertiary alicyclic amines) is 1. The number of halogens is 2. The first-order valence-corrected chi connectivity index (χ1v) is 7.60. The Balaban J connectivity index is 0.00000264. The van der Waals surface area contributed by atoms with Crippen LogP contribution in [-0.2, 0) is 6.54 Å². The monoisotopic (exact) mass is 431 g/mol. The minimum atomic E-state index is -0.372. The van der Waals surface area contributed by atoms with Crippen LogP contribution < -0.4 is 11.1 Å². The van der Waals surface area contributed by atoms with E-state index in [9.17, 15) is 4.39 Å². The van der Waals surface area contributed by atoms with Crippen LogP contribution in [-0.4, -0.2) is 36.5 Å². The van der Waals surface area contributed by atoms with Gasteiger partial charge in [0.15, 0.2) is 5.96 Å². The first kappa shape index (κ1) is 19.6. The number of aliphatic imine (C=N–C) groups is 1. The third-order valence-electron chi connectivity index (χ3n) is 4.02. The fourth-order valence-electron chi connectivity index (χ4n) is 2.76. The van der Waals surface area contributed by atoms with E-state index in [-0.39, 0.29) is 36.3 Å². The van der Waals surface area contributed by atoms with Crippen LogP contribution in [0.1, 0.15) is 30.9 Å². The maximum Gasteiger partial charge on any atom is 0.188 e. The fraction of sp³-hybridized carbons (Fsp3) is 0.500. The van der Waals surface area contributed by atoms with Crippen LogP contribution in [0.3, 0.4) is 0 Å². The summed E-state index contributed by atoms with van der Waals surface area (Å²) < 4.78 is 13.6. The van der Waals surface area contributed by atoms with Crippen molar-refractivity contribution in [2.45, 2.75) is 32.4 Å². The van der Waals surface area contributed by atoms with Gasteiger partial charge in [-0.3, -0.25) is 4.90 Å². The van der Waals surface area contributed by atoms with Gasteiger partial charge in [-0.05, 0) is 44.1 Å². The van der Waals surface area contributed by atoms with Gasteiger partial charge in [-0.25, -0.2) is 9.38 Å². The van der Waals surface area contributed by atoms with Crippen molar-refractivity contribution in [3.8, 4) is 6.07 Å². The molecule has 1 fully saturated rings. The van der Waals surface area contributed by atoms with Crippen LogP contribution in [0.4, 0.5) is 4.39 Å². The summed E-state index contributed by atoms with van der Waals surface area (Å²) in [5.74, 6) is -0.0618. The number of guanidine groups is 1. The molecule has 0 bridgehead atoms. The molecule has 5 nitrogen and oxygen atoms in total. The second-order valence-corrected chi connectivity index (χ2v) is 5.43. The minimum Gasteiger partial charge on any atom is -0.370 e. The smallest absolute Gasteiger partial charge is 0.188 e. The number of nitriles is 1. The van der Waals surface area contributed by atoms with Gasteiger partial charge in [0.1, 0.15) is 5.82 Å². The van der Waals surface area contributed by atoms with Crippen LogP contribution in [0.5, 0.6) is 0 Å². The van der Waals surface area contributed by atoms with Gasteiger partial charge in [0, 0.05) is 18.2 Å². The molecule has 0 spiro atoms. The van der Waals surface area contributed by atoms with Crippen molar-refractivity contribution < 1.29 is 4.39 Å². The van der Waals surface area contributed by atoms with Crippen molar-refractivity contribution in [1.29, 1.82) is 5.26 Å². The number of rotatable bonds is 5. The van der Waals surface area contributed by atoms with Gasteiger partial charge in [0.25, 0.3) is 0 Å². The Kier molecular flexibility index (Phi) is 8.26. The summed E-state index contributed by atoms with van der Waals surface area (Å²) >= 11 is 0. The molecule has 23 heavy (non-hydrogen) atoms. The molecule has 0 saturated carbocycles. The summed E-state index contributed by atoms with van der Waals surface area (Å²) in [5.41, 5.74) is 6.63. The van der Waals surface area contributed by atoms with Crippen LogP contribution >= 0.6 is 24.0 Å². The van der Waals surface area contributed by atoms with Gasteiger partial charge in [-0.2, -0.15) is 5.26 Å². The molecule has 1 aliphatic heterocycles. The molecule has 1 heterocycles. The number of benzene rings is 1. The molecule has 0 radical (unpaired) electrons. The summed E-state index contributed by atoms with van der Waals surface area (Å²) in [6.45, 7) is 5.20. The standard InChI is InChI=1S/C16H22FN5.HI/c1-2-22-7-3-4-14(22)11-21-16(19)20-10-13-8-12(9-18)5-6-15(13)17;/h5-6,8,14H,2-4,7,10-11H2,1H3,(H3,19,20,21);1H. The summed E-state index contributed by atoms with van der Waals surface area (Å²) in [6.07, 6.45) is 2.37. The first-order valence-electron chi connectivity index (χ1n) is 7.60. The first-order chi connectivity index (χ1) is 10.6. The Morgan fingerprint density at radius 3 is 3.04 bits per heavy atom. The average Bonchev–Trinajstić information content (AvgIpc) is 2.99. The SMILES string of the molecule is CCN1CCCC1CNC(N)=NCc1cc(C#N)ccc1F.I. The normalized spacial score (nSPS) is 18.3. The van der Waals surface area contributed by atoms with Crippen LogP contribution in [0.15, 0.2) is 23.2 Å². The largest absolute Gasteiger partial charge is 0.370 e. The third-order valence-corrected chi connectivity index (χ3v) is 4.02. The highest BCUT2D eigenvalue weighted by atomic mass is 127. The molecule has 1 unspecified atom stereocenters. The second-order valence-electron chi connectivity index (χ2n) is 5.43. The highest BCUT2D eigenvalue weighted by Gasteiger charge is 2.22. The molecule has 1 saturated heterocycles. The summed E-state index contributed by atoms with van der Waals surface area (Å²) in [7, 11) is 0. The highest BCUT2D eigenvalue weighted by Crippen LogP contribution is 2.15. The number of nitrogens with zero attached hydrogens (tertiary/aromatic N) is 3. The Morgan fingerprint density at radius 2 is 2.35 bits per heavy atom. The minimum absolute atomic E-state index is 0. The topological polar surface area (TPSA) is 77.4 Å². The lowest BCUT2D eigenvalue weighted by Crippen LogP contribution is -2.42. The van der Waals surface area contributed by atoms with Crippen molar-refractivity contribution >= 4 is 29.9 Å². The van der Waals surface area contributed by atoms with Crippen molar-refractivity contribution in [3.63, 3.8) is 0 Å². The molecule has 126 valence electrons. The predicted octanol–water partition coefficient (Wildman–Crippen LogP) is 2.20. The second kappa shape index (κ2) is 9.67. The van der Waals surface area contributed by atoms with E-state index in [0.717, 1.165) is 26.1 Å². The van der Waals surface area contributed by atoms with Crippen LogP contribution in [0.25, 0.3) is 0 Å². The van der Waals surface area contributed by atoms with Gasteiger partial charge >= 0.3 is 0 Å². The molecular weight excluding hydrogens is 408 g/mol. The number of likely N-dealkylation sites (N-methyl/N-ethyl adjacent to an activating group) is 1. The molecule has 0 aliphatic carbocycles. The zero-order chi connectivity index (χ0) is 15.9. The van der Waals surface area contributed by atoms with Gasteiger partial charge in [0.05, 0.1) is 18.2 Å². The van der Waals surface area contributed by atoms with E-state index in [1.54, 1.807) is 0 Å². The lowest BCUT2D eigenvalue weighted by Gasteiger charge is -2.23. The summed E-state index contributed by atoms with van der Waals surface area (Å²) in [5, 5.41) is 11.9. The Bertz CT molecular complexity index is 584. The maximum absolute atomic E-state index is 13.6. The number of nitrogens with one attached hydrogen (secondary N) is 1.